The number of benzene rings is 1. The molecule has 0 unspecified atom stereocenters. The Morgan fingerprint density at radius 1 is 1.37 bits per heavy atom. The predicted molar refractivity (Wildman–Crippen MR) is 119 cm³/mol. The molecular weight excluding hydrogens is 400 g/mol. The van der Waals surface area contributed by atoms with Gasteiger partial charge < -0.3 is 15.0 Å². The topological polar surface area (TPSA) is 87.3 Å². The maximum Gasteiger partial charge on any atom is 0.256 e. The highest BCUT2D eigenvalue weighted by Gasteiger charge is 2.22. The van der Waals surface area contributed by atoms with Gasteiger partial charge in [0.1, 0.15) is 5.75 Å². The number of rotatable bonds is 9. The van der Waals surface area contributed by atoms with Gasteiger partial charge in [-0.2, -0.15) is 0 Å². The van der Waals surface area contributed by atoms with E-state index >= 15 is 0 Å². The molecule has 2 aromatic rings. The van der Waals surface area contributed by atoms with E-state index in [0.29, 0.717) is 36.1 Å². The van der Waals surface area contributed by atoms with Gasteiger partial charge in [-0.25, -0.2) is 4.98 Å². The maximum absolute atomic E-state index is 12.6. The quantitative estimate of drug-likeness (QED) is 0.470. The first-order valence-corrected chi connectivity index (χ1v) is 11.3. The Balaban J connectivity index is 1.59. The van der Waals surface area contributed by atoms with Gasteiger partial charge in [-0.05, 0) is 18.4 Å². The molecule has 0 aliphatic carbocycles. The van der Waals surface area contributed by atoms with Gasteiger partial charge in [0.2, 0.25) is 5.91 Å². The lowest BCUT2D eigenvalue weighted by atomic mass is 10.1. The fourth-order valence-corrected chi connectivity index (χ4v) is 4.13. The number of hydrogen-bond donors (Lipinski definition) is 2. The van der Waals surface area contributed by atoms with E-state index in [1.165, 1.54) is 11.8 Å². The van der Waals surface area contributed by atoms with E-state index in [0.717, 1.165) is 36.5 Å². The highest BCUT2D eigenvalue weighted by molar-refractivity contribution is 7.99. The number of ether oxygens (including phenoxy) is 1. The van der Waals surface area contributed by atoms with Gasteiger partial charge in [-0.1, -0.05) is 43.8 Å². The molecule has 2 heterocycles. The van der Waals surface area contributed by atoms with Gasteiger partial charge in [0, 0.05) is 38.2 Å². The molecule has 0 spiro atoms. The van der Waals surface area contributed by atoms with Crippen LogP contribution in [-0.4, -0.2) is 46.7 Å². The third-order valence-corrected chi connectivity index (χ3v) is 5.97. The molecule has 1 aromatic heterocycles. The Kier molecular flexibility index (Phi) is 7.93. The van der Waals surface area contributed by atoms with Crippen molar-refractivity contribution in [2.24, 2.45) is 5.92 Å². The maximum atomic E-state index is 12.6. The van der Waals surface area contributed by atoms with E-state index in [9.17, 15) is 9.59 Å². The van der Waals surface area contributed by atoms with Crippen LogP contribution < -0.4 is 15.6 Å². The van der Waals surface area contributed by atoms with E-state index in [1.807, 2.05) is 24.3 Å². The predicted octanol–water partition coefficient (Wildman–Crippen LogP) is 2.59. The minimum absolute atomic E-state index is 0.0380. The number of amides is 1. The number of aromatic nitrogens is 2. The van der Waals surface area contributed by atoms with Gasteiger partial charge in [0.25, 0.3) is 5.56 Å². The molecule has 1 aliphatic heterocycles. The Hall–Kier alpha value is -2.32. The van der Waals surface area contributed by atoms with Crippen LogP contribution in [0.2, 0.25) is 0 Å². The van der Waals surface area contributed by atoms with Crippen molar-refractivity contribution < 1.29 is 9.53 Å². The van der Waals surface area contributed by atoms with Crippen LogP contribution in [0.4, 0.5) is 0 Å². The van der Waals surface area contributed by atoms with E-state index in [4.69, 9.17) is 4.74 Å². The number of carbonyl (C=O) groups excluding carboxylic acids is 1. The zero-order valence-corrected chi connectivity index (χ0v) is 18.7. The third-order valence-electron chi connectivity index (χ3n) is 5.10. The summed E-state index contributed by atoms with van der Waals surface area (Å²) in [6.07, 6.45) is 1.66. The minimum Gasteiger partial charge on any atom is -0.496 e. The SMILES string of the molecule is COc1ccccc1CN1CCc2nc(SCC(=O)NCCC(C)C)[nH]c(=O)c2C1. The summed E-state index contributed by atoms with van der Waals surface area (Å²) in [7, 11) is 1.67. The first-order valence-electron chi connectivity index (χ1n) is 10.3. The number of methoxy groups -OCH3 is 1. The second-order valence-electron chi connectivity index (χ2n) is 7.89. The van der Waals surface area contributed by atoms with E-state index in [2.05, 4.69) is 34.0 Å². The van der Waals surface area contributed by atoms with Crippen molar-refractivity contribution in [2.75, 3.05) is 26.0 Å². The summed E-state index contributed by atoms with van der Waals surface area (Å²) >= 11 is 1.27. The number of nitrogens with zero attached hydrogens (tertiary/aromatic N) is 2. The standard InChI is InChI=1S/C22H30N4O3S/c1-15(2)8-10-23-20(27)14-30-22-24-18-9-11-26(13-17(18)21(28)25-22)12-16-6-4-5-7-19(16)29-3/h4-7,15H,8-14H2,1-3H3,(H,23,27)(H,24,25,28). The van der Waals surface area contributed by atoms with Crippen molar-refractivity contribution >= 4 is 17.7 Å². The van der Waals surface area contributed by atoms with Crippen LogP contribution in [0, 0.1) is 5.92 Å². The van der Waals surface area contributed by atoms with Crippen molar-refractivity contribution in [3.8, 4) is 5.75 Å². The average molecular weight is 431 g/mol. The van der Waals surface area contributed by atoms with E-state index in [1.54, 1.807) is 7.11 Å². The zero-order valence-electron chi connectivity index (χ0n) is 17.9. The number of fused-ring (bicyclic) bond motifs is 1. The van der Waals surface area contributed by atoms with Crippen LogP contribution in [0.1, 0.15) is 37.1 Å². The molecule has 7 nitrogen and oxygen atoms in total. The van der Waals surface area contributed by atoms with Crippen molar-refractivity contribution in [1.29, 1.82) is 0 Å². The summed E-state index contributed by atoms with van der Waals surface area (Å²) in [4.78, 5) is 34.3. The van der Waals surface area contributed by atoms with E-state index in [-0.39, 0.29) is 17.2 Å². The fraction of sp³-hybridized carbons (Fsp3) is 0.500. The number of H-pyrrole nitrogens is 1. The van der Waals surface area contributed by atoms with E-state index < -0.39 is 0 Å². The largest absolute Gasteiger partial charge is 0.496 e. The summed E-state index contributed by atoms with van der Waals surface area (Å²) in [6.45, 7) is 7.02. The molecular formula is C22H30N4O3S. The molecule has 8 heteroatoms. The molecule has 162 valence electrons. The third kappa shape index (κ3) is 6.09. The number of para-hydroxylation sites is 1. The lowest BCUT2D eigenvalue weighted by Gasteiger charge is -2.28. The molecule has 1 aliphatic rings. The number of nitrogens with one attached hydrogen (secondary N) is 2. The van der Waals surface area contributed by atoms with Crippen LogP contribution in [-0.2, 0) is 24.3 Å². The number of thioether (sulfide) groups is 1. The van der Waals surface area contributed by atoms with Crippen molar-refractivity contribution in [3.63, 3.8) is 0 Å². The van der Waals surface area contributed by atoms with Crippen molar-refractivity contribution in [2.45, 2.75) is 44.9 Å². The minimum atomic E-state index is -0.118. The Morgan fingerprint density at radius 2 is 2.17 bits per heavy atom. The molecule has 0 saturated heterocycles. The van der Waals surface area contributed by atoms with Crippen LogP contribution in [0.5, 0.6) is 5.75 Å². The van der Waals surface area contributed by atoms with Crippen LogP contribution in [0.15, 0.2) is 34.2 Å². The molecule has 1 amide bonds. The molecule has 1 aromatic carbocycles. The second kappa shape index (κ2) is 10.6. The summed E-state index contributed by atoms with van der Waals surface area (Å²) in [5, 5.41) is 3.41. The summed E-state index contributed by atoms with van der Waals surface area (Å²) in [5.74, 6) is 1.62. The molecule has 3 rings (SSSR count). The monoisotopic (exact) mass is 430 g/mol. The molecule has 0 radical (unpaired) electrons. The fourth-order valence-electron chi connectivity index (χ4n) is 3.42. The van der Waals surface area contributed by atoms with Crippen molar-refractivity contribution in [3.05, 3.63) is 51.4 Å². The highest BCUT2D eigenvalue weighted by atomic mass is 32.2. The zero-order chi connectivity index (χ0) is 21.5. The summed E-state index contributed by atoms with van der Waals surface area (Å²) in [6, 6.07) is 7.94. The molecule has 0 bridgehead atoms. The summed E-state index contributed by atoms with van der Waals surface area (Å²) < 4.78 is 5.44. The van der Waals surface area contributed by atoms with Gasteiger partial charge in [0.05, 0.1) is 24.1 Å². The first-order chi connectivity index (χ1) is 14.5. The lowest BCUT2D eigenvalue weighted by molar-refractivity contribution is -0.118. The number of carbonyl (C=O) groups is 1. The van der Waals surface area contributed by atoms with Crippen LogP contribution in [0.3, 0.4) is 0 Å². The summed E-state index contributed by atoms with van der Waals surface area (Å²) in [5.41, 5.74) is 2.52. The van der Waals surface area contributed by atoms with Crippen molar-refractivity contribution in [1.82, 2.24) is 20.2 Å². The first kappa shape index (κ1) is 22.4. The molecule has 0 fully saturated rings. The number of hydrogen-bond acceptors (Lipinski definition) is 6. The smallest absolute Gasteiger partial charge is 0.256 e. The van der Waals surface area contributed by atoms with Crippen LogP contribution in [0.25, 0.3) is 0 Å². The second-order valence-corrected chi connectivity index (χ2v) is 8.85. The Morgan fingerprint density at radius 3 is 2.93 bits per heavy atom. The van der Waals surface area contributed by atoms with Gasteiger partial charge in [0.15, 0.2) is 5.16 Å². The lowest BCUT2D eigenvalue weighted by Crippen LogP contribution is -2.35. The normalized spacial score (nSPS) is 13.9. The molecule has 0 saturated carbocycles. The molecule has 0 atom stereocenters. The molecule has 30 heavy (non-hydrogen) atoms. The Labute approximate surface area is 181 Å². The molecule has 2 N–H and O–H groups in total. The highest BCUT2D eigenvalue weighted by Crippen LogP contribution is 2.23. The van der Waals surface area contributed by atoms with Gasteiger partial charge >= 0.3 is 0 Å². The van der Waals surface area contributed by atoms with Gasteiger partial charge in [-0.3, -0.25) is 14.5 Å². The van der Waals surface area contributed by atoms with Gasteiger partial charge in [-0.15, -0.1) is 0 Å². The average Bonchev–Trinajstić information content (AvgIpc) is 2.73. The van der Waals surface area contributed by atoms with Crippen LogP contribution >= 0.6 is 11.8 Å². The number of aromatic amines is 1. The Bertz CT molecular complexity index is 929.